The van der Waals surface area contributed by atoms with Crippen LogP contribution in [-0.4, -0.2) is 28.1 Å². The Morgan fingerprint density at radius 1 is 1.12 bits per heavy atom. The maximum Gasteiger partial charge on any atom is 0.227 e. The van der Waals surface area contributed by atoms with Crippen LogP contribution in [0.4, 0.5) is 5.69 Å². The van der Waals surface area contributed by atoms with Gasteiger partial charge in [-0.05, 0) is 55.9 Å². The molecule has 1 aromatic heterocycles. The molecular formula is C27H30N4O2. The second kappa shape index (κ2) is 8.85. The van der Waals surface area contributed by atoms with E-state index in [1.54, 1.807) is 4.90 Å². The number of hydrogen-bond donors (Lipinski definition) is 1. The number of anilines is 1. The van der Waals surface area contributed by atoms with E-state index in [4.69, 9.17) is 0 Å². The van der Waals surface area contributed by atoms with Crippen molar-refractivity contribution in [1.82, 2.24) is 15.1 Å². The Balaban J connectivity index is 1.29. The summed E-state index contributed by atoms with van der Waals surface area (Å²) >= 11 is 0. The summed E-state index contributed by atoms with van der Waals surface area (Å²) in [5, 5.41) is 7.87. The predicted octanol–water partition coefficient (Wildman–Crippen LogP) is 4.09. The molecule has 2 atom stereocenters. The number of nitrogens with one attached hydrogen (secondary N) is 1. The number of rotatable bonds is 5. The lowest BCUT2D eigenvalue weighted by Crippen LogP contribution is -2.37. The molecule has 170 valence electrons. The summed E-state index contributed by atoms with van der Waals surface area (Å²) in [4.78, 5) is 27.7. The maximum absolute atomic E-state index is 13.2. The molecule has 2 aliphatic rings. The Bertz CT molecular complexity index is 1180. The summed E-state index contributed by atoms with van der Waals surface area (Å²) < 4.78 is 2.06. The van der Waals surface area contributed by atoms with E-state index in [9.17, 15) is 9.59 Å². The van der Waals surface area contributed by atoms with E-state index in [0.29, 0.717) is 6.54 Å². The Morgan fingerprint density at radius 3 is 2.76 bits per heavy atom. The summed E-state index contributed by atoms with van der Waals surface area (Å²) in [6.07, 6.45) is 5.04. The van der Waals surface area contributed by atoms with E-state index in [-0.39, 0.29) is 30.2 Å². The largest absolute Gasteiger partial charge is 0.349 e. The van der Waals surface area contributed by atoms with Gasteiger partial charge in [0.2, 0.25) is 11.8 Å². The fourth-order valence-electron chi connectivity index (χ4n) is 5.09. The van der Waals surface area contributed by atoms with Gasteiger partial charge in [0.15, 0.2) is 0 Å². The van der Waals surface area contributed by atoms with Gasteiger partial charge in [0.1, 0.15) is 0 Å². The molecule has 1 N–H and O–H groups in total. The van der Waals surface area contributed by atoms with Crippen LogP contribution in [0.3, 0.4) is 0 Å². The van der Waals surface area contributed by atoms with Crippen molar-refractivity contribution in [2.45, 2.75) is 52.1 Å². The van der Waals surface area contributed by atoms with Crippen molar-refractivity contribution in [3.05, 3.63) is 82.7 Å². The smallest absolute Gasteiger partial charge is 0.227 e. The summed E-state index contributed by atoms with van der Waals surface area (Å²) in [7, 11) is 0. The molecule has 0 bridgehead atoms. The number of hydrogen-bond acceptors (Lipinski definition) is 3. The quantitative estimate of drug-likeness (QED) is 0.647. The van der Waals surface area contributed by atoms with Gasteiger partial charge in [-0.3, -0.25) is 14.3 Å². The number of benzene rings is 2. The van der Waals surface area contributed by atoms with E-state index < -0.39 is 0 Å². The van der Waals surface area contributed by atoms with Crippen molar-refractivity contribution in [1.29, 1.82) is 0 Å². The van der Waals surface area contributed by atoms with Crippen molar-refractivity contribution in [3.63, 3.8) is 0 Å². The van der Waals surface area contributed by atoms with Gasteiger partial charge in [0.05, 0.1) is 24.7 Å². The molecular weight excluding hydrogens is 412 g/mol. The molecule has 3 aromatic rings. The highest BCUT2D eigenvalue weighted by Crippen LogP contribution is 2.32. The highest BCUT2D eigenvalue weighted by Gasteiger charge is 2.37. The van der Waals surface area contributed by atoms with Crippen LogP contribution in [0.15, 0.2) is 54.7 Å². The van der Waals surface area contributed by atoms with Crippen molar-refractivity contribution in [2.24, 2.45) is 5.92 Å². The Hall–Kier alpha value is -3.41. The van der Waals surface area contributed by atoms with Gasteiger partial charge in [-0.25, -0.2) is 0 Å². The fraction of sp³-hybridized carbons (Fsp3) is 0.370. The average molecular weight is 443 g/mol. The van der Waals surface area contributed by atoms with Gasteiger partial charge in [0.25, 0.3) is 0 Å². The number of amides is 2. The Morgan fingerprint density at radius 2 is 1.94 bits per heavy atom. The van der Waals surface area contributed by atoms with Gasteiger partial charge in [0, 0.05) is 29.9 Å². The highest BCUT2D eigenvalue weighted by atomic mass is 16.2. The number of aryl methyl sites for hydroxylation is 1. The van der Waals surface area contributed by atoms with E-state index in [1.165, 1.54) is 11.3 Å². The number of aromatic nitrogens is 2. The zero-order valence-corrected chi connectivity index (χ0v) is 19.3. The van der Waals surface area contributed by atoms with E-state index in [0.717, 1.165) is 48.2 Å². The molecule has 6 heteroatoms. The summed E-state index contributed by atoms with van der Waals surface area (Å²) in [6, 6.07) is 16.2. The molecule has 1 aliphatic carbocycles. The van der Waals surface area contributed by atoms with E-state index in [2.05, 4.69) is 27.2 Å². The zero-order valence-electron chi connectivity index (χ0n) is 19.3. The third kappa shape index (κ3) is 4.17. The van der Waals surface area contributed by atoms with Crippen LogP contribution >= 0.6 is 0 Å². The lowest BCUT2D eigenvalue weighted by Gasteiger charge is -2.26. The first-order valence-electron chi connectivity index (χ1n) is 11.8. The first kappa shape index (κ1) is 21.4. The van der Waals surface area contributed by atoms with E-state index >= 15 is 0 Å². The highest BCUT2D eigenvalue weighted by molar-refractivity contribution is 6.01. The van der Waals surface area contributed by atoms with Crippen LogP contribution in [-0.2, 0) is 22.6 Å². The maximum atomic E-state index is 13.2. The molecule has 0 unspecified atom stereocenters. The van der Waals surface area contributed by atoms with Gasteiger partial charge < -0.3 is 10.2 Å². The molecule has 2 heterocycles. The average Bonchev–Trinajstić information content (AvgIpc) is 3.41. The molecule has 0 radical (unpaired) electrons. The van der Waals surface area contributed by atoms with Crippen molar-refractivity contribution in [2.75, 3.05) is 11.4 Å². The van der Waals surface area contributed by atoms with Gasteiger partial charge in [-0.2, -0.15) is 5.10 Å². The number of carbonyl (C=O) groups excluding carboxylic acids is 2. The predicted molar refractivity (Wildman–Crippen MR) is 128 cm³/mol. The van der Waals surface area contributed by atoms with Gasteiger partial charge in [-0.1, -0.05) is 42.5 Å². The molecule has 1 aliphatic heterocycles. The lowest BCUT2D eigenvalue weighted by molar-refractivity contribution is -0.127. The standard InChI is InChI=1S/C27H30N4O2/c1-18-8-6-12-24(19(18)2)30-17-21(14-26(30)32)27(33)29-23-11-7-13-25-22(23)15-28-31(25)16-20-9-4-3-5-10-20/h3-6,8-10,12,15,21,23H,7,11,13-14,16-17H2,1-2H3,(H,29,33)/t21-,23-/m1/s1. The Kier molecular flexibility index (Phi) is 5.75. The van der Waals surface area contributed by atoms with Crippen molar-refractivity contribution in [3.8, 4) is 0 Å². The molecule has 0 saturated carbocycles. The zero-order chi connectivity index (χ0) is 22.9. The SMILES string of the molecule is Cc1cccc(N2C[C@H](C(=O)N[C@@H]3CCCc4c3cnn4Cc3ccccc3)CC2=O)c1C. The Labute approximate surface area is 194 Å². The topological polar surface area (TPSA) is 67.2 Å². The summed E-state index contributed by atoms with van der Waals surface area (Å²) in [5.74, 6) is -0.351. The van der Waals surface area contributed by atoms with Crippen LogP contribution in [0.5, 0.6) is 0 Å². The van der Waals surface area contributed by atoms with Crippen LogP contribution in [0, 0.1) is 19.8 Å². The van der Waals surface area contributed by atoms with Gasteiger partial charge >= 0.3 is 0 Å². The number of fused-ring (bicyclic) bond motifs is 1. The third-order valence-electron chi connectivity index (χ3n) is 7.12. The molecule has 0 spiro atoms. The molecule has 1 saturated heterocycles. The first-order chi connectivity index (χ1) is 16.0. The fourth-order valence-corrected chi connectivity index (χ4v) is 5.09. The second-order valence-corrected chi connectivity index (χ2v) is 9.27. The lowest BCUT2D eigenvalue weighted by atomic mass is 9.92. The molecule has 5 rings (SSSR count). The molecule has 6 nitrogen and oxygen atoms in total. The monoisotopic (exact) mass is 442 g/mol. The van der Waals surface area contributed by atoms with Crippen LogP contribution in [0.25, 0.3) is 0 Å². The minimum absolute atomic E-state index is 0.0175. The number of nitrogens with zero attached hydrogens (tertiary/aromatic N) is 3. The van der Waals surface area contributed by atoms with Crippen LogP contribution in [0.2, 0.25) is 0 Å². The van der Waals surface area contributed by atoms with Crippen LogP contribution in [0.1, 0.15) is 53.3 Å². The molecule has 33 heavy (non-hydrogen) atoms. The third-order valence-corrected chi connectivity index (χ3v) is 7.12. The minimum atomic E-state index is -0.331. The normalized spacial score (nSPS) is 20.1. The first-order valence-corrected chi connectivity index (χ1v) is 11.8. The molecule has 2 aromatic carbocycles. The molecule has 2 amide bonds. The van der Waals surface area contributed by atoms with Crippen molar-refractivity contribution < 1.29 is 9.59 Å². The number of carbonyl (C=O) groups is 2. The van der Waals surface area contributed by atoms with E-state index in [1.807, 2.05) is 56.4 Å². The molecule has 1 fully saturated rings. The van der Waals surface area contributed by atoms with Crippen LogP contribution < -0.4 is 10.2 Å². The minimum Gasteiger partial charge on any atom is -0.349 e. The van der Waals surface area contributed by atoms with Gasteiger partial charge in [-0.15, -0.1) is 0 Å². The summed E-state index contributed by atoms with van der Waals surface area (Å²) in [5.41, 5.74) is 6.68. The summed E-state index contributed by atoms with van der Waals surface area (Å²) in [6.45, 7) is 5.24. The second-order valence-electron chi connectivity index (χ2n) is 9.27. The van der Waals surface area contributed by atoms with Crippen molar-refractivity contribution >= 4 is 17.5 Å².